The first kappa shape index (κ1) is 12.7. The maximum absolute atomic E-state index is 5.00. The third-order valence-electron chi connectivity index (χ3n) is 2.26. The van der Waals surface area contributed by atoms with Crippen LogP contribution >= 0.6 is 0 Å². The lowest BCUT2D eigenvalue weighted by atomic mass is 10.2. The van der Waals surface area contributed by atoms with Gasteiger partial charge >= 0.3 is 0 Å². The zero-order chi connectivity index (χ0) is 11.8. The molecular weight excluding hydrogens is 200 g/mol. The second-order valence-corrected chi connectivity index (χ2v) is 3.74. The van der Waals surface area contributed by atoms with Crippen LogP contribution in [-0.4, -0.2) is 24.7 Å². The zero-order valence-electron chi connectivity index (χ0n) is 10.2. The smallest absolute Gasteiger partial charge is 0.212 e. The molecule has 1 atom stereocenters. The molecule has 3 nitrogen and oxygen atoms in total. The fraction of sp³-hybridized carbons (Fsp3) is 0.462. The summed E-state index contributed by atoms with van der Waals surface area (Å²) in [7, 11) is 1.62. The Kier molecular flexibility index (Phi) is 5.57. The van der Waals surface area contributed by atoms with E-state index in [4.69, 9.17) is 4.74 Å². The highest BCUT2D eigenvalue weighted by molar-refractivity contribution is 5.48. The minimum absolute atomic E-state index is 0.391. The van der Waals surface area contributed by atoms with Crippen molar-refractivity contribution >= 4 is 6.08 Å². The van der Waals surface area contributed by atoms with E-state index < -0.39 is 0 Å². The third kappa shape index (κ3) is 4.45. The van der Waals surface area contributed by atoms with Crippen LogP contribution in [-0.2, 0) is 0 Å². The van der Waals surface area contributed by atoms with Crippen molar-refractivity contribution in [1.29, 1.82) is 0 Å². The number of ether oxygens (including phenoxy) is 1. The van der Waals surface area contributed by atoms with Crippen molar-refractivity contribution in [3.8, 4) is 5.88 Å². The van der Waals surface area contributed by atoms with Gasteiger partial charge in [0.1, 0.15) is 0 Å². The fourth-order valence-corrected chi connectivity index (χ4v) is 1.31. The number of nitrogens with zero attached hydrogens (tertiary/aromatic N) is 1. The minimum Gasteiger partial charge on any atom is -0.481 e. The summed E-state index contributed by atoms with van der Waals surface area (Å²) in [6, 6.07) is 4.25. The van der Waals surface area contributed by atoms with E-state index in [-0.39, 0.29) is 0 Å². The van der Waals surface area contributed by atoms with Crippen molar-refractivity contribution in [1.82, 2.24) is 10.3 Å². The molecular formula is C13H20N2O. The highest BCUT2D eigenvalue weighted by Gasteiger charge is 1.95. The van der Waals surface area contributed by atoms with Crippen LogP contribution in [0.15, 0.2) is 24.4 Å². The minimum atomic E-state index is 0.391. The van der Waals surface area contributed by atoms with Crippen LogP contribution in [0, 0.1) is 0 Å². The fourth-order valence-electron chi connectivity index (χ4n) is 1.31. The maximum atomic E-state index is 5.00. The molecule has 1 rings (SSSR count). The van der Waals surface area contributed by atoms with Gasteiger partial charge in [0.2, 0.25) is 5.88 Å². The molecule has 0 bridgehead atoms. The zero-order valence-corrected chi connectivity index (χ0v) is 10.2. The average Bonchev–Trinajstić information content (AvgIpc) is 2.34. The van der Waals surface area contributed by atoms with Gasteiger partial charge in [-0.3, -0.25) is 0 Å². The largest absolute Gasteiger partial charge is 0.481 e. The molecule has 0 amide bonds. The molecule has 88 valence electrons. The first-order chi connectivity index (χ1) is 7.76. The first-order valence-corrected chi connectivity index (χ1v) is 5.68. The monoisotopic (exact) mass is 220 g/mol. The van der Waals surface area contributed by atoms with Gasteiger partial charge in [-0.15, -0.1) is 0 Å². The molecule has 1 heterocycles. The third-order valence-corrected chi connectivity index (χ3v) is 2.26. The number of nitrogens with one attached hydrogen (secondary N) is 1. The lowest BCUT2D eigenvalue weighted by molar-refractivity contribution is 0.398. The maximum Gasteiger partial charge on any atom is 0.212 e. The Morgan fingerprint density at radius 1 is 1.50 bits per heavy atom. The number of rotatable bonds is 6. The molecule has 1 unspecified atom stereocenters. The van der Waals surface area contributed by atoms with Crippen LogP contribution in [0.1, 0.15) is 25.8 Å². The van der Waals surface area contributed by atoms with Crippen LogP contribution in [0.5, 0.6) is 5.88 Å². The number of hydrogen-bond donors (Lipinski definition) is 1. The van der Waals surface area contributed by atoms with E-state index in [1.54, 1.807) is 7.11 Å². The Bertz CT molecular complexity index is 319. The summed E-state index contributed by atoms with van der Waals surface area (Å²) >= 11 is 0. The molecule has 0 aromatic carbocycles. The van der Waals surface area contributed by atoms with E-state index in [1.165, 1.54) is 0 Å². The summed E-state index contributed by atoms with van der Waals surface area (Å²) in [6.45, 7) is 5.35. The van der Waals surface area contributed by atoms with E-state index >= 15 is 0 Å². The van der Waals surface area contributed by atoms with E-state index in [0.29, 0.717) is 11.9 Å². The molecule has 0 saturated heterocycles. The Morgan fingerprint density at radius 3 is 2.88 bits per heavy atom. The molecule has 0 aliphatic carbocycles. The van der Waals surface area contributed by atoms with Crippen molar-refractivity contribution < 1.29 is 4.74 Å². The molecule has 1 aromatic heterocycles. The summed E-state index contributed by atoms with van der Waals surface area (Å²) in [5, 5.41) is 3.39. The Hall–Kier alpha value is -1.35. The number of hydrogen-bond acceptors (Lipinski definition) is 3. The van der Waals surface area contributed by atoms with Gasteiger partial charge in [-0.05, 0) is 31.5 Å². The molecule has 0 radical (unpaired) electrons. The molecule has 0 saturated carbocycles. The molecule has 1 aromatic rings. The van der Waals surface area contributed by atoms with Gasteiger partial charge in [0.15, 0.2) is 0 Å². The summed E-state index contributed by atoms with van der Waals surface area (Å²) in [5.41, 5.74) is 1.09. The van der Waals surface area contributed by atoms with Crippen molar-refractivity contribution in [2.45, 2.75) is 26.3 Å². The molecule has 1 N–H and O–H groups in total. The van der Waals surface area contributed by atoms with Crippen LogP contribution in [0.3, 0.4) is 0 Å². The molecule has 0 aliphatic heterocycles. The molecule has 0 spiro atoms. The van der Waals surface area contributed by atoms with Gasteiger partial charge < -0.3 is 10.1 Å². The summed E-state index contributed by atoms with van der Waals surface area (Å²) < 4.78 is 5.00. The normalized spacial score (nSPS) is 12.9. The SMILES string of the molecule is CCCNC(C)/C=C/c1ccc(OC)nc1. The van der Waals surface area contributed by atoms with E-state index in [1.807, 2.05) is 18.3 Å². The van der Waals surface area contributed by atoms with Gasteiger partial charge in [0, 0.05) is 18.3 Å². The number of methoxy groups -OCH3 is 1. The average molecular weight is 220 g/mol. The first-order valence-electron chi connectivity index (χ1n) is 5.68. The Balaban J connectivity index is 2.48. The highest BCUT2D eigenvalue weighted by Crippen LogP contribution is 2.08. The van der Waals surface area contributed by atoms with Crippen LogP contribution in [0.2, 0.25) is 0 Å². The topological polar surface area (TPSA) is 34.1 Å². The van der Waals surface area contributed by atoms with Crippen molar-refractivity contribution in [2.75, 3.05) is 13.7 Å². The van der Waals surface area contributed by atoms with Gasteiger partial charge in [-0.2, -0.15) is 0 Å². The lowest BCUT2D eigenvalue weighted by Gasteiger charge is -2.07. The second-order valence-electron chi connectivity index (χ2n) is 3.74. The van der Waals surface area contributed by atoms with E-state index in [0.717, 1.165) is 18.5 Å². The Labute approximate surface area is 97.5 Å². The summed E-state index contributed by atoms with van der Waals surface area (Å²) in [6.07, 6.45) is 7.17. The summed E-state index contributed by atoms with van der Waals surface area (Å²) in [5.74, 6) is 0.648. The lowest BCUT2D eigenvalue weighted by Crippen LogP contribution is -2.24. The van der Waals surface area contributed by atoms with Crippen LogP contribution in [0.4, 0.5) is 0 Å². The van der Waals surface area contributed by atoms with Crippen molar-refractivity contribution in [3.63, 3.8) is 0 Å². The van der Waals surface area contributed by atoms with Gasteiger partial charge in [-0.1, -0.05) is 19.1 Å². The number of aromatic nitrogens is 1. The quantitative estimate of drug-likeness (QED) is 0.799. The van der Waals surface area contributed by atoms with Crippen LogP contribution < -0.4 is 10.1 Å². The number of pyridine rings is 1. The van der Waals surface area contributed by atoms with Crippen LogP contribution in [0.25, 0.3) is 6.08 Å². The van der Waals surface area contributed by atoms with Gasteiger partial charge in [-0.25, -0.2) is 4.98 Å². The highest BCUT2D eigenvalue weighted by atomic mass is 16.5. The summed E-state index contributed by atoms with van der Waals surface area (Å²) in [4.78, 5) is 4.14. The molecule has 0 aliphatic rings. The van der Waals surface area contributed by atoms with Gasteiger partial charge in [0.05, 0.1) is 7.11 Å². The predicted octanol–water partition coefficient (Wildman–Crippen LogP) is 2.49. The molecule has 3 heteroatoms. The van der Waals surface area contributed by atoms with E-state index in [2.05, 4.69) is 36.3 Å². The van der Waals surface area contributed by atoms with Gasteiger partial charge in [0.25, 0.3) is 0 Å². The second kappa shape index (κ2) is 7.01. The standard InChI is InChI=1S/C13H20N2O/c1-4-9-14-11(2)5-6-12-7-8-13(16-3)15-10-12/h5-8,10-11,14H,4,9H2,1-3H3/b6-5+. The van der Waals surface area contributed by atoms with E-state index in [9.17, 15) is 0 Å². The van der Waals surface area contributed by atoms with Crippen molar-refractivity contribution in [3.05, 3.63) is 30.0 Å². The molecule has 0 fully saturated rings. The Morgan fingerprint density at radius 2 is 2.31 bits per heavy atom. The van der Waals surface area contributed by atoms with Crippen molar-refractivity contribution in [2.24, 2.45) is 0 Å². The molecule has 16 heavy (non-hydrogen) atoms. The predicted molar refractivity (Wildman–Crippen MR) is 67.6 cm³/mol.